The van der Waals surface area contributed by atoms with Crippen molar-refractivity contribution < 1.29 is 24.3 Å². The fourth-order valence-corrected chi connectivity index (χ4v) is 7.75. The zero-order valence-corrected chi connectivity index (χ0v) is 22.9. The number of carbonyl (C=O) groups is 3. The van der Waals surface area contributed by atoms with Gasteiger partial charge in [-0.2, -0.15) is 0 Å². The monoisotopic (exact) mass is 594 g/mol. The molecule has 3 aliphatic rings. The number of carboxylic acid groups (broad SMARTS) is 1. The van der Waals surface area contributed by atoms with Crippen LogP contribution in [0.1, 0.15) is 23.5 Å². The van der Waals surface area contributed by atoms with Gasteiger partial charge < -0.3 is 26.7 Å². The lowest BCUT2D eigenvalue weighted by Crippen LogP contribution is -2.71. The van der Waals surface area contributed by atoms with Crippen LogP contribution in [0.15, 0.2) is 38.3 Å². The molecule has 6 N–H and O–H groups in total. The summed E-state index contributed by atoms with van der Waals surface area (Å²) in [7, 11) is 0. The lowest BCUT2D eigenvalue weighted by atomic mass is 10.0. The molecular formula is C21H22N8O5S4. The van der Waals surface area contributed by atoms with E-state index in [2.05, 4.69) is 25.7 Å². The van der Waals surface area contributed by atoms with Crippen LogP contribution in [0.4, 0.5) is 5.13 Å². The molecule has 0 saturated carbocycles. The molecule has 5 rings (SSSR count). The molecule has 1 fully saturated rings. The summed E-state index contributed by atoms with van der Waals surface area (Å²) in [5.41, 5.74) is 12.0. The predicted molar refractivity (Wildman–Crippen MR) is 145 cm³/mol. The number of hydrogen-bond donors (Lipinski definition) is 4. The van der Waals surface area contributed by atoms with Crippen LogP contribution < -0.4 is 16.8 Å². The third kappa shape index (κ3) is 5.42. The molecule has 0 radical (unpaired) electrons. The highest BCUT2D eigenvalue weighted by Gasteiger charge is 2.54. The number of aliphatic carboxylic acids is 1. The number of nitrogens with one attached hydrogen (secondary N) is 1. The van der Waals surface area contributed by atoms with Gasteiger partial charge in [0.2, 0.25) is 0 Å². The molecule has 0 spiro atoms. The second kappa shape index (κ2) is 11.4. The highest BCUT2D eigenvalue weighted by Crippen LogP contribution is 2.41. The van der Waals surface area contributed by atoms with Gasteiger partial charge in [0.1, 0.15) is 33.9 Å². The summed E-state index contributed by atoms with van der Waals surface area (Å²) in [5.74, 6) is -1.68. The van der Waals surface area contributed by atoms with E-state index in [4.69, 9.17) is 16.3 Å². The van der Waals surface area contributed by atoms with Crippen molar-refractivity contribution in [3.63, 3.8) is 0 Å². The third-order valence-electron chi connectivity index (χ3n) is 5.76. The van der Waals surface area contributed by atoms with Gasteiger partial charge in [0.25, 0.3) is 11.8 Å². The first-order valence-corrected chi connectivity index (χ1v) is 15.1. The number of β-lactam (4-membered cyclic amide) rings is 1. The zero-order valence-electron chi connectivity index (χ0n) is 19.6. The maximum Gasteiger partial charge on any atom is 0.352 e. The van der Waals surface area contributed by atoms with Crippen LogP contribution in [0, 0.1) is 0 Å². The standard InChI is InChI=1S/C21H22N8O5S4/c22-5-12-26-27-21(38-12)37-7-9-6-35-18-14(17(31)29(18)15(9)19(32)33)25-16(30)13(11-8-36-20(23)24-11)28-34-10-3-1-2-4-10/h1,3,8,10,14,18H,2,4-7,22H2,(H2,23,24)(H,25,30)(H,32,33)/b28-13-/t10?,14?,18-/m1/s1. The number of rotatable bonds is 10. The summed E-state index contributed by atoms with van der Waals surface area (Å²) < 4.78 is 0.666. The number of nitrogen functional groups attached to an aromatic ring is 1. The van der Waals surface area contributed by atoms with Crippen molar-refractivity contribution in [1.29, 1.82) is 0 Å². The molecule has 0 aromatic carbocycles. The number of fused-ring (bicyclic) bond motifs is 1. The van der Waals surface area contributed by atoms with Gasteiger partial charge in [-0.15, -0.1) is 33.3 Å². The fourth-order valence-electron chi connectivity index (χ4n) is 3.95. The van der Waals surface area contributed by atoms with Crippen LogP contribution in [0.25, 0.3) is 0 Å². The minimum atomic E-state index is -1.21. The van der Waals surface area contributed by atoms with Crippen LogP contribution in [0.2, 0.25) is 0 Å². The van der Waals surface area contributed by atoms with Crippen molar-refractivity contribution in [2.45, 2.75) is 41.2 Å². The molecule has 200 valence electrons. The Morgan fingerprint density at radius 2 is 2.21 bits per heavy atom. The molecular weight excluding hydrogens is 573 g/mol. The van der Waals surface area contributed by atoms with E-state index in [0.29, 0.717) is 26.4 Å². The van der Waals surface area contributed by atoms with Crippen molar-refractivity contribution in [3.8, 4) is 0 Å². The third-order valence-corrected chi connectivity index (χ3v) is 9.94. The molecule has 2 aliphatic heterocycles. The first kappa shape index (κ1) is 26.6. The average Bonchev–Trinajstić information content (AvgIpc) is 3.68. The van der Waals surface area contributed by atoms with E-state index in [-0.39, 0.29) is 34.9 Å². The van der Waals surface area contributed by atoms with Gasteiger partial charge in [0.05, 0.1) is 0 Å². The number of carbonyl (C=O) groups excluding carboxylic acids is 2. The Hall–Kier alpha value is -2.99. The largest absolute Gasteiger partial charge is 0.477 e. The van der Waals surface area contributed by atoms with E-state index in [1.54, 1.807) is 5.38 Å². The van der Waals surface area contributed by atoms with Gasteiger partial charge in [-0.1, -0.05) is 34.3 Å². The van der Waals surface area contributed by atoms with Gasteiger partial charge in [0, 0.05) is 23.4 Å². The second-order valence-corrected chi connectivity index (χ2v) is 12.5. The summed E-state index contributed by atoms with van der Waals surface area (Å²) in [6, 6.07) is -0.932. The summed E-state index contributed by atoms with van der Waals surface area (Å²) in [4.78, 5) is 49.3. The minimum absolute atomic E-state index is 0.0715. The summed E-state index contributed by atoms with van der Waals surface area (Å²) in [5, 5.41) is 26.6. The summed E-state index contributed by atoms with van der Waals surface area (Å²) in [6.45, 7) is 0.278. The maximum atomic E-state index is 13.2. The van der Waals surface area contributed by atoms with Gasteiger partial charge in [-0.25, -0.2) is 9.78 Å². The van der Waals surface area contributed by atoms with Crippen LogP contribution in [-0.4, -0.2) is 77.7 Å². The van der Waals surface area contributed by atoms with Gasteiger partial charge >= 0.3 is 5.97 Å². The Bertz CT molecular complexity index is 1350. The minimum Gasteiger partial charge on any atom is -0.477 e. The zero-order chi connectivity index (χ0) is 26.8. The summed E-state index contributed by atoms with van der Waals surface area (Å²) in [6.07, 6.45) is 5.16. The molecule has 1 aliphatic carbocycles. The van der Waals surface area contributed by atoms with Crippen molar-refractivity contribution in [3.05, 3.63) is 39.5 Å². The molecule has 2 amide bonds. The van der Waals surface area contributed by atoms with Crippen molar-refractivity contribution in [2.24, 2.45) is 10.9 Å². The van der Waals surface area contributed by atoms with E-state index < -0.39 is 29.2 Å². The fraction of sp³-hybridized carbons (Fsp3) is 0.381. The molecule has 13 nitrogen and oxygen atoms in total. The summed E-state index contributed by atoms with van der Waals surface area (Å²) >= 11 is 5.20. The lowest BCUT2D eigenvalue weighted by molar-refractivity contribution is -0.150. The number of hydrogen-bond acceptors (Lipinski definition) is 14. The van der Waals surface area contributed by atoms with Crippen molar-refractivity contribution in [2.75, 3.05) is 17.2 Å². The van der Waals surface area contributed by atoms with Crippen LogP contribution in [0.5, 0.6) is 0 Å². The van der Waals surface area contributed by atoms with Crippen LogP contribution in [-0.2, 0) is 25.8 Å². The number of nitrogens with zero attached hydrogens (tertiary/aromatic N) is 5. The first-order valence-electron chi connectivity index (χ1n) is 11.3. The number of carboxylic acids is 1. The first-order chi connectivity index (χ1) is 18.4. The molecule has 4 heterocycles. The van der Waals surface area contributed by atoms with Crippen molar-refractivity contribution in [1.82, 2.24) is 25.4 Å². The van der Waals surface area contributed by atoms with E-state index in [9.17, 15) is 19.5 Å². The van der Waals surface area contributed by atoms with Crippen molar-refractivity contribution >= 4 is 74.8 Å². The predicted octanol–water partition coefficient (Wildman–Crippen LogP) is 1.01. The molecule has 2 unspecified atom stereocenters. The Morgan fingerprint density at radius 3 is 2.87 bits per heavy atom. The molecule has 3 atom stereocenters. The molecule has 17 heteroatoms. The van der Waals surface area contributed by atoms with Crippen LogP contribution >= 0.6 is 46.2 Å². The molecule has 2 aromatic heterocycles. The normalized spacial score (nSPS) is 22.9. The highest BCUT2D eigenvalue weighted by atomic mass is 32.2. The molecule has 0 bridgehead atoms. The van der Waals surface area contributed by atoms with E-state index in [1.807, 2.05) is 12.2 Å². The van der Waals surface area contributed by atoms with Gasteiger partial charge in [-0.3, -0.25) is 14.5 Å². The molecule has 2 aromatic rings. The Morgan fingerprint density at radius 1 is 1.37 bits per heavy atom. The van der Waals surface area contributed by atoms with Gasteiger partial charge in [-0.05, 0) is 24.5 Å². The van der Waals surface area contributed by atoms with E-state index >= 15 is 0 Å². The Kier molecular flexibility index (Phi) is 7.98. The maximum absolute atomic E-state index is 13.2. The second-order valence-electron chi connectivity index (χ2n) is 8.23. The highest BCUT2D eigenvalue weighted by molar-refractivity contribution is 8.01. The molecule has 38 heavy (non-hydrogen) atoms. The number of thioether (sulfide) groups is 2. The quantitative estimate of drug-likeness (QED) is 0.100. The number of aromatic nitrogens is 3. The number of allylic oxidation sites excluding steroid dienone is 1. The average molecular weight is 595 g/mol. The number of oxime groups is 1. The van der Waals surface area contributed by atoms with Crippen LogP contribution in [0.3, 0.4) is 0 Å². The Balaban J connectivity index is 1.29. The number of anilines is 1. The van der Waals surface area contributed by atoms with E-state index in [1.165, 1.54) is 39.8 Å². The Labute approximate surface area is 232 Å². The topological polar surface area (TPSA) is 199 Å². The van der Waals surface area contributed by atoms with E-state index in [0.717, 1.165) is 24.2 Å². The number of amides is 2. The number of nitrogens with two attached hydrogens (primary N) is 2. The van der Waals surface area contributed by atoms with Gasteiger partial charge in [0.15, 0.2) is 15.2 Å². The number of thiazole rings is 1. The smallest absolute Gasteiger partial charge is 0.352 e. The SMILES string of the molecule is NCc1nnc(SCC2=C(C(=O)O)N3C(=O)C(NC(=O)/C(=N\OC4C=CCC4)c4csc(N)n4)[C@H]3SC2)s1. The molecule has 1 saturated heterocycles. The lowest BCUT2D eigenvalue weighted by Gasteiger charge is -2.49.